The Bertz CT molecular complexity index is 403. The summed E-state index contributed by atoms with van der Waals surface area (Å²) in [5.41, 5.74) is 6.26. The van der Waals surface area contributed by atoms with Crippen LogP contribution in [0.4, 0.5) is 0 Å². The van der Waals surface area contributed by atoms with Gasteiger partial charge in [-0.3, -0.25) is 5.41 Å². The normalized spacial score (nSPS) is 24.3. The molecule has 1 aliphatic carbocycles. The second kappa shape index (κ2) is 5.21. The van der Waals surface area contributed by atoms with Gasteiger partial charge in [-0.1, -0.05) is 25.5 Å². The molecular weight excluding hydrogens is 212 g/mol. The summed E-state index contributed by atoms with van der Waals surface area (Å²) in [4.78, 5) is 0. The topological polar surface area (TPSA) is 59.1 Å². The summed E-state index contributed by atoms with van der Waals surface area (Å²) in [6, 6.07) is 7.55. The van der Waals surface area contributed by atoms with Gasteiger partial charge in [0.2, 0.25) is 0 Å². The van der Waals surface area contributed by atoms with Gasteiger partial charge in [0, 0.05) is 0 Å². The third kappa shape index (κ3) is 2.78. The molecule has 2 atom stereocenters. The highest BCUT2D eigenvalue weighted by atomic mass is 16.5. The van der Waals surface area contributed by atoms with Crippen molar-refractivity contribution in [1.82, 2.24) is 0 Å². The predicted octanol–water partition coefficient (Wildman–Crippen LogP) is 2.93. The van der Waals surface area contributed by atoms with Gasteiger partial charge in [-0.2, -0.15) is 0 Å². The Morgan fingerprint density at radius 3 is 2.71 bits per heavy atom. The van der Waals surface area contributed by atoms with Gasteiger partial charge in [0.25, 0.3) is 0 Å². The number of para-hydroxylation sites is 1. The molecule has 1 saturated carbocycles. The fraction of sp³-hybridized carbons (Fsp3) is 0.500. The lowest BCUT2D eigenvalue weighted by Gasteiger charge is -2.30. The minimum Gasteiger partial charge on any atom is -0.489 e. The van der Waals surface area contributed by atoms with Crippen molar-refractivity contribution in [3.05, 3.63) is 29.8 Å². The van der Waals surface area contributed by atoms with Crippen LogP contribution in [0.25, 0.3) is 0 Å². The molecule has 3 nitrogen and oxygen atoms in total. The van der Waals surface area contributed by atoms with Crippen molar-refractivity contribution in [2.75, 3.05) is 0 Å². The first-order chi connectivity index (χ1) is 8.18. The Balaban J connectivity index is 2.14. The van der Waals surface area contributed by atoms with E-state index >= 15 is 0 Å². The van der Waals surface area contributed by atoms with Crippen LogP contribution >= 0.6 is 0 Å². The molecule has 3 N–H and O–H groups in total. The van der Waals surface area contributed by atoms with Crippen molar-refractivity contribution in [2.24, 2.45) is 11.7 Å². The summed E-state index contributed by atoms with van der Waals surface area (Å²) in [6.07, 6.45) is 5.14. The zero-order chi connectivity index (χ0) is 12.3. The molecular formula is C14H20N2O. The van der Waals surface area contributed by atoms with Gasteiger partial charge in [0.05, 0.1) is 5.56 Å². The molecule has 0 bridgehead atoms. The van der Waals surface area contributed by atoms with Crippen molar-refractivity contribution >= 4 is 5.84 Å². The van der Waals surface area contributed by atoms with E-state index in [0.717, 1.165) is 12.2 Å². The molecule has 2 unspecified atom stereocenters. The number of nitrogens with one attached hydrogen (secondary N) is 1. The Hall–Kier alpha value is -1.51. The molecule has 0 radical (unpaired) electrons. The predicted molar refractivity (Wildman–Crippen MR) is 69.5 cm³/mol. The van der Waals surface area contributed by atoms with Crippen LogP contribution in [-0.4, -0.2) is 11.9 Å². The second-order valence-electron chi connectivity index (χ2n) is 4.83. The molecule has 0 spiro atoms. The Labute approximate surface area is 102 Å². The fourth-order valence-electron chi connectivity index (χ4n) is 2.41. The fourth-order valence-corrected chi connectivity index (χ4v) is 2.41. The van der Waals surface area contributed by atoms with Gasteiger partial charge in [0.15, 0.2) is 0 Å². The Kier molecular flexibility index (Phi) is 3.67. The molecule has 0 saturated heterocycles. The summed E-state index contributed by atoms with van der Waals surface area (Å²) in [5, 5.41) is 7.54. The summed E-state index contributed by atoms with van der Waals surface area (Å²) in [7, 11) is 0. The zero-order valence-electron chi connectivity index (χ0n) is 10.3. The number of ether oxygens (including phenoxy) is 1. The van der Waals surface area contributed by atoms with Gasteiger partial charge in [0.1, 0.15) is 17.7 Å². The highest BCUT2D eigenvalue weighted by Crippen LogP contribution is 2.29. The van der Waals surface area contributed by atoms with Gasteiger partial charge >= 0.3 is 0 Å². The van der Waals surface area contributed by atoms with Crippen LogP contribution in [0, 0.1) is 11.3 Å². The average Bonchev–Trinajstić information content (AvgIpc) is 2.32. The maximum Gasteiger partial charge on any atom is 0.130 e. The van der Waals surface area contributed by atoms with E-state index in [4.69, 9.17) is 15.9 Å². The minimum atomic E-state index is 0.0732. The molecule has 0 aromatic heterocycles. The molecule has 0 amide bonds. The van der Waals surface area contributed by atoms with Crippen LogP contribution in [0.5, 0.6) is 5.75 Å². The average molecular weight is 232 g/mol. The minimum absolute atomic E-state index is 0.0732. The smallest absolute Gasteiger partial charge is 0.130 e. The number of benzene rings is 1. The maximum absolute atomic E-state index is 7.54. The lowest BCUT2D eigenvalue weighted by atomic mass is 9.88. The van der Waals surface area contributed by atoms with Crippen LogP contribution in [0.15, 0.2) is 24.3 Å². The lowest BCUT2D eigenvalue weighted by Crippen LogP contribution is -2.29. The van der Waals surface area contributed by atoms with Gasteiger partial charge < -0.3 is 10.5 Å². The van der Waals surface area contributed by atoms with E-state index in [1.165, 1.54) is 19.3 Å². The first-order valence-electron chi connectivity index (χ1n) is 6.28. The van der Waals surface area contributed by atoms with E-state index in [1.807, 2.05) is 24.3 Å². The molecule has 1 aromatic rings. The number of hydrogen-bond donors (Lipinski definition) is 2. The molecule has 2 rings (SSSR count). The quantitative estimate of drug-likeness (QED) is 0.622. The highest BCUT2D eigenvalue weighted by molar-refractivity contribution is 5.97. The van der Waals surface area contributed by atoms with Gasteiger partial charge in [-0.05, 0) is 37.3 Å². The van der Waals surface area contributed by atoms with Crippen molar-refractivity contribution in [3.8, 4) is 5.75 Å². The molecule has 1 aromatic carbocycles. The van der Waals surface area contributed by atoms with E-state index in [0.29, 0.717) is 11.5 Å². The number of amidine groups is 1. The van der Waals surface area contributed by atoms with Crippen LogP contribution in [0.1, 0.15) is 38.2 Å². The molecule has 3 heteroatoms. The van der Waals surface area contributed by atoms with Crippen molar-refractivity contribution < 1.29 is 4.74 Å². The van der Waals surface area contributed by atoms with Crippen LogP contribution in [0.3, 0.4) is 0 Å². The van der Waals surface area contributed by atoms with Crippen molar-refractivity contribution in [1.29, 1.82) is 5.41 Å². The summed E-state index contributed by atoms with van der Waals surface area (Å²) in [5.74, 6) is 1.41. The standard InChI is InChI=1S/C14H20N2O/c1-10-6-2-4-8-12(10)17-13-9-5-3-7-11(13)14(15)16/h3,5,7,9-10,12H,2,4,6,8H2,1H3,(H3,15,16). The molecule has 1 fully saturated rings. The van der Waals surface area contributed by atoms with Crippen molar-refractivity contribution in [3.63, 3.8) is 0 Å². The largest absolute Gasteiger partial charge is 0.489 e. The number of nitrogens with two attached hydrogens (primary N) is 1. The third-order valence-corrected chi connectivity index (χ3v) is 3.49. The third-order valence-electron chi connectivity index (χ3n) is 3.49. The summed E-state index contributed by atoms with van der Waals surface area (Å²) < 4.78 is 6.04. The molecule has 0 aliphatic heterocycles. The number of nitrogen functional groups attached to an aromatic ring is 1. The Morgan fingerprint density at radius 2 is 2.00 bits per heavy atom. The van der Waals surface area contributed by atoms with E-state index in [9.17, 15) is 0 Å². The van der Waals surface area contributed by atoms with E-state index in [-0.39, 0.29) is 11.9 Å². The molecule has 92 valence electrons. The van der Waals surface area contributed by atoms with Crippen LogP contribution in [0.2, 0.25) is 0 Å². The molecule has 0 heterocycles. The molecule has 17 heavy (non-hydrogen) atoms. The summed E-state index contributed by atoms with van der Waals surface area (Å²) in [6.45, 7) is 2.24. The van der Waals surface area contributed by atoms with Crippen LogP contribution < -0.4 is 10.5 Å². The van der Waals surface area contributed by atoms with Gasteiger partial charge in [-0.15, -0.1) is 0 Å². The van der Waals surface area contributed by atoms with Gasteiger partial charge in [-0.25, -0.2) is 0 Å². The van der Waals surface area contributed by atoms with E-state index in [1.54, 1.807) is 0 Å². The molecule has 1 aliphatic rings. The first kappa shape index (κ1) is 12.0. The monoisotopic (exact) mass is 232 g/mol. The highest BCUT2D eigenvalue weighted by Gasteiger charge is 2.23. The number of rotatable bonds is 3. The van der Waals surface area contributed by atoms with E-state index in [2.05, 4.69) is 6.92 Å². The maximum atomic E-state index is 7.54. The Morgan fingerprint density at radius 1 is 1.29 bits per heavy atom. The SMILES string of the molecule is CC1CCCCC1Oc1ccccc1C(=N)N. The summed E-state index contributed by atoms with van der Waals surface area (Å²) >= 11 is 0. The van der Waals surface area contributed by atoms with Crippen molar-refractivity contribution in [2.45, 2.75) is 38.7 Å². The lowest BCUT2D eigenvalue weighted by molar-refractivity contribution is 0.102. The first-order valence-corrected chi connectivity index (χ1v) is 6.28. The van der Waals surface area contributed by atoms with E-state index < -0.39 is 0 Å². The number of hydrogen-bond acceptors (Lipinski definition) is 2. The second-order valence-corrected chi connectivity index (χ2v) is 4.83. The van der Waals surface area contributed by atoms with Crippen LogP contribution in [-0.2, 0) is 0 Å². The zero-order valence-corrected chi connectivity index (χ0v) is 10.3.